The van der Waals surface area contributed by atoms with E-state index in [0.29, 0.717) is 25.3 Å². The van der Waals surface area contributed by atoms with E-state index < -0.39 is 12.7 Å². The zero-order valence-corrected chi connectivity index (χ0v) is 12.7. The predicted molar refractivity (Wildman–Crippen MR) is 76.2 cm³/mol. The second kappa shape index (κ2) is 7.64. The fourth-order valence-corrected chi connectivity index (χ4v) is 3.48. The number of alkyl halides is 3. The quantitative estimate of drug-likeness (QED) is 0.831. The van der Waals surface area contributed by atoms with Crippen LogP contribution in [0.2, 0.25) is 0 Å². The van der Waals surface area contributed by atoms with Crippen LogP contribution in [0, 0.1) is 11.8 Å². The molecule has 2 fully saturated rings. The van der Waals surface area contributed by atoms with E-state index in [4.69, 9.17) is 5.11 Å². The van der Waals surface area contributed by atoms with E-state index in [0.717, 1.165) is 25.7 Å². The van der Waals surface area contributed by atoms with Crippen molar-refractivity contribution in [1.82, 2.24) is 10.2 Å². The number of likely N-dealkylation sites (tertiary alicyclic amines) is 1. The van der Waals surface area contributed by atoms with Crippen LogP contribution >= 0.6 is 0 Å². The number of rotatable bonds is 4. The van der Waals surface area contributed by atoms with E-state index in [1.54, 1.807) is 0 Å². The molecule has 1 aliphatic carbocycles. The summed E-state index contributed by atoms with van der Waals surface area (Å²) in [5.74, 6) is -0.129. The minimum atomic E-state index is -4.21. The molecule has 7 heteroatoms. The summed E-state index contributed by atoms with van der Waals surface area (Å²) in [5.41, 5.74) is 0. The number of hydrogen-bond acceptors (Lipinski definition) is 3. The van der Waals surface area contributed by atoms with Gasteiger partial charge >= 0.3 is 6.18 Å². The Kier molecular flexibility index (Phi) is 6.09. The van der Waals surface area contributed by atoms with Gasteiger partial charge in [-0.2, -0.15) is 13.2 Å². The zero-order chi connectivity index (χ0) is 16.2. The number of nitrogens with one attached hydrogen (secondary N) is 1. The van der Waals surface area contributed by atoms with Gasteiger partial charge in [-0.15, -0.1) is 0 Å². The van der Waals surface area contributed by atoms with E-state index in [1.165, 1.54) is 4.90 Å². The van der Waals surface area contributed by atoms with Crippen molar-refractivity contribution in [2.45, 2.75) is 50.7 Å². The van der Waals surface area contributed by atoms with Crippen molar-refractivity contribution in [3.05, 3.63) is 0 Å². The van der Waals surface area contributed by atoms with Gasteiger partial charge in [0, 0.05) is 19.2 Å². The van der Waals surface area contributed by atoms with Gasteiger partial charge in [0.2, 0.25) is 5.91 Å². The van der Waals surface area contributed by atoms with Crippen LogP contribution in [0.1, 0.15) is 38.5 Å². The van der Waals surface area contributed by atoms with Crippen molar-refractivity contribution in [3.63, 3.8) is 0 Å². The molecule has 0 aromatic rings. The molecule has 1 amide bonds. The summed E-state index contributed by atoms with van der Waals surface area (Å²) >= 11 is 0. The summed E-state index contributed by atoms with van der Waals surface area (Å²) in [4.78, 5) is 13.6. The number of nitrogens with zero attached hydrogens (tertiary/aromatic N) is 1. The molecule has 128 valence electrons. The van der Waals surface area contributed by atoms with Crippen LogP contribution in [0.4, 0.5) is 13.2 Å². The molecule has 0 radical (unpaired) electrons. The number of carbonyl (C=O) groups excluding carboxylic acids is 1. The van der Waals surface area contributed by atoms with E-state index in [-0.39, 0.29) is 31.0 Å². The smallest absolute Gasteiger partial charge is 0.396 e. The van der Waals surface area contributed by atoms with Crippen LogP contribution in [0.15, 0.2) is 0 Å². The topological polar surface area (TPSA) is 52.6 Å². The minimum Gasteiger partial charge on any atom is -0.396 e. The van der Waals surface area contributed by atoms with E-state index in [1.807, 2.05) is 0 Å². The third kappa shape index (κ3) is 5.43. The van der Waals surface area contributed by atoms with Crippen LogP contribution in [-0.2, 0) is 4.79 Å². The minimum absolute atomic E-state index is 0.105. The van der Waals surface area contributed by atoms with Gasteiger partial charge in [-0.3, -0.25) is 9.69 Å². The SMILES string of the molecule is O=C(NC1CCC(CO)CC1)C1CCCN(CC(F)(F)F)C1. The maximum Gasteiger partial charge on any atom is 0.401 e. The average Bonchev–Trinajstić information content (AvgIpc) is 2.46. The number of halogens is 3. The molecule has 2 N–H and O–H groups in total. The van der Waals surface area contributed by atoms with Crippen molar-refractivity contribution < 1.29 is 23.1 Å². The lowest BCUT2D eigenvalue weighted by Gasteiger charge is -2.34. The highest BCUT2D eigenvalue weighted by atomic mass is 19.4. The highest BCUT2D eigenvalue weighted by molar-refractivity contribution is 5.79. The first-order valence-electron chi connectivity index (χ1n) is 8.07. The highest BCUT2D eigenvalue weighted by Gasteiger charge is 2.35. The number of carbonyl (C=O) groups is 1. The first kappa shape index (κ1) is 17.5. The fourth-order valence-electron chi connectivity index (χ4n) is 3.48. The normalized spacial score (nSPS) is 31.0. The monoisotopic (exact) mass is 322 g/mol. The molecule has 1 unspecified atom stereocenters. The van der Waals surface area contributed by atoms with Gasteiger partial charge in [-0.05, 0) is 51.0 Å². The molecule has 22 heavy (non-hydrogen) atoms. The van der Waals surface area contributed by atoms with Gasteiger partial charge in [0.05, 0.1) is 12.5 Å². The number of amides is 1. The first-order chi connectivity index (χ1) is 10.4. The van der Waals surface area contributed by atoms with Crippen molar-refractivity contribution in [1.29, 1.82) is 0 Å². The summed E-state index contributed by atoms with van der Waals surface area (Å²) in [6.45, 7) is -0.143. The Bertz CT molecular complexity index is 368. The summed E-state index contributed by atoms with van der Waals surface area (Å²) in [5, 5.41) is 12.1. The number of piperidine rings is 1. The van der Waals surface area contributed by atoms with E-state index in [9.17, 15) is 18.0 Å². The lowest BCUT2D eigenvalue weighted by atomic mass is 9.86. The van der Waals surface area contributed by atoms with Gasteiger partial charge < -0.3 is 10.4 Å². The van der Waals surface area contributed by atoms with Gasteiger partial charge in [0.25, 0.3) is 0 Å². The maximum absolute atomic E-state index is 12.4. The van der Waals surface area contributed by atoms with Gasteiger partial charge in [0.1, 0.15) is 0 Å². The fraction of sp³-hybridized carbons (Fsp3) is 0.933. The molecule has 1 atom stereocenters. The third-order valence-corrected chi connectivity index (χ3v) is 4.73. The Morgan fingerprint density at radius 3 is 2.45 bits per heavy atom. The Labute approximate surface area is 129 Å². The zero-order valence-electron chi connectivity index (χ0n) is 12.7. The standard InChI is InChI=1S/C15H25F3N2O2/c16-15(17,18)10-20-7-1-2-12(8-20)14(22)19-13-5-3-11(9-21)4-6-13/h11-13,21H,1-10H2,(H,19,22). The van der Waals surface area contributed by atoms with Crippen LogP contribution in [0.5, 0.6) is 0 Å². The highest BCUT2D eigenvalue weighted by Crippen LogP contribution is 2.25. The van der Waals surface area contributed by atoms with Gasteiger partial charge in [-0.25, -0.2) is 0 Å². The van der Waals surface area contributed by atoms with Crippen molar-refractivity contribution in [3.8, 4) is 0 Å². The van der Waals surface area contributed by atoms with Crippen LogP contribution < -0.4 is 5.32 Å². The molecule has 0 aromatic carbocycles. The Hall–Kier alpha value is -0.820. The molecule has 2 aliphatic rings. The van der Waals surface area contributed by atoms with Crippen LogP contribution in [0.3, 0.4) is 0 Å². The first-order valence-corrected chi connectivity index (χ1v) is 8.07. The number of hydrogen-bond donors (Lipinski definition) is 2. The average molecular weight is 322 g/mol. The van der Waals surface area contributed by atoms with Crippen molar-refractivity contribution in [2.75, 3.05) is 26.2 Å². The largest absolute Gasteiger partial charge is 0.401 e. The third-order valence-electron chi connectivity index (χ3n) is 4.73. The molecule has 1 heterocycles. The molecule has 1 saturated heterocycles. The lowest BCUT2D eigenvalue weighted by molar-refractivity contribution is -0.152. The molecule has 1 aliphatic heterocycles. The van der Waals surface area contributed by atoms with Crippen LogP contribution in [-0.4, -0.2) is 54.4 Å². The molecule has 1 saturated carbocycles. The number of aliphatic hydroxyl groups excluding tert-OH is 1. The molecule has 0 spiro atoms. The molecular weight excluding hydrogens is 297 g/mol. The molecule has 2 rings (SSSR count). The Morgan fingerprint density at radius 1 is 1.18 bits per heavy atom. The molecule has 0 bridgehead atoms. The van der Waals surface area contributed by atoms with E-state index in [2.05, 4.69) is 5.32 Å². The van der Waals surface area contributed by atoms with E-state index >= 15 is 0 Å². The number of aliphatic hydroxyl groups is 1. The Balaban J connectivity index is 1.77. The Morgan fingerprint density at radius 2 is 1.86 bits per heavy atom. The summed E-state index contributed by atoms with van der Waals surface area (Å²) in [6.07, 6.45) is 0.559. The summed E-state index contributed by atoms with van der Waals surface area (Å²) in [7, 11) is 0. The lowest BCUT2D eigenvalue weighted by Crippen LogP contribution is -2.48. The summed E-state index contributed by atoms with van der Waals surface area (Å²) in [6, 6.07) is 0.105. The second-order valence-electron chi connectivity index (χ2n) is 6.60. The molecular formula is C15H25F3N2O2. The second-order valence-corrected chi connectivity index (χ2v) is 6.60. The van der Waals surface area contributed by atoms with Gasteiger partial charge in [0.15, 0.2) is 0 Å². The van der Waals surface area contributed by atoms with Crippen molar-refractivity contribution >= 4 is 5.91 Å². The van der Waals surface area contributed by atoms with Crippen molar-refractivity contribution in [2.24, 2.45) is 11.8 Å². The van der Waals surface area contributed by atoms with Gasteiger partial charge in [-0.1, -0.05) is 0 Å². The maximum atomic E-state index is 12.4. The molecule has 4 nitrogen and oxygen atoms in total. The van der Waals surface area contributed by atoms with Crippen LogP contribution in [0.25, 0.3) is 0 Å². The predicted octanol–water partition coefficient (Wildman–Crippen LogP) is 1.93. The summed E-state index contributed by atoms with van der Waals surface area (Å²) < 4.78 is 37.3. The molecule has 0 aromatic heterocycles.